The van der Waals surface area contributed by atoms with Gasteiger partial charge in [-0.3, -0.25) is 0 Å². The van der Waals surface area contributed by atoms with Crippen LogP contribution in [-0.2, 0) is 6.42 Å². The first kappa shape index (κ1) is 13.0. The van der Waals surface area contributed by atoms with Crippen molar-refractivity contribution in [3.8, 4) is 6.07 Å². The molecule has 1 fully saturated rings. The molecule has 2 rings (SSSR count). The van der Waals surface area contributed by atoms with Gasteiger partial charge < -0.3 is 5.32 Å². The van der Waals surface area contributed by atoms with Crippen molar-refractivity contribution < 1.29 is 0 Å². The van der Waals surface area contributed by atoms with Gasteiger partial charge in [-0.15, -0.1) is 0 Å². The van der Waals surface area contributed by atoms with E-state index in [1.54, 1.807) is 0 Å². The van der Waals surface area contributed by atoms with Crippen molar-refractivity contribution in [1.82, 2.24) is 0 Å². The normalized spacial score (nSPS) is 23.3. The molecule has 18 heavy (non-hydrogen) atoms. The fourth-order valence-electron chi connectivity index (χ4n) is 2.63. The van der Waals surface area contributed by atoms with Crippen LogP contribution in [0.2, 0.25) is 0 Å². The van der Waals surface area contributed by atoms with E-state index in [0.717, 1.165) is 23.9 Å². The molecule has 1 aliphatic carbocycles. The second-order valence-corrected chi connectivity index (χ2v) is 5.54. The molecule has 0 saturated heterocycles. The summed E-state index contributed by atoms with van der Waals surface area (Å²) in [6.45, 7) is 3.45. The minimum Gasteiger partial charge on any atom is -0.385 e. The Kier molecular flexibility index (Phi) is 4.64. The third kappa shape index (κ3) is 3.77. The zero-order valence-corrected chi connectivity index (χ0v) is 11.2. The summed E-state index contributed by atoms with van der Waals surface area (Å²) in [5, 5.41) is 12.1. The summed E-state index contributed by atoms with van der Waals surface area (Å²) in [4.78, 5) is 0. The second-order valence-electron chi connectivity index (χ2n) is 5.54. The number of nitrogens with one attached hydrogen (secondary N) is 1. The molecule has 0 bridgehead atoms. The first-order chi connectivity index (χ1) is 8.78. The number of hydrogen-bond acceptors (Lipinski definition) is 2. The van der Waals surface area contributed by atoms with Crippen LogP contribution in [0.4, 0.5) is 5.69 Å². The predicted octanol–water partition coefficient (Wildman–Crippen LogP) is 3.99. The Morgan fingerprint density at radius 1 is 1.17 bits per heavy atom. The number of benzene rings is 1. The van der Waals surface area contributed by atoms with Gasteiger partial charge in [-0.1, -0.05) is 31.9 Å². The molecule has 1 saturated carbocycles. The molecule has 2 heteroatoms. The first-order valence-corrected chi connectivity index (χ1v) is 6.97. The second kappa shape index (κ2) is 6.44. The van der Waals surface area contributed by atoms with Crippen molar-refractivity contribution >= 4 is 5.69 Å². The maximum atomic E-state index is 8.62. The summed E-state index contributed by atoms with van der Waals surface area (Å²) in [5.41, 5.74) is 2.27. The standard InChI is InChI=1S/C16H22N2/c1-13-2-4-15(5-3-13)12-18-16-8-6-14(7-9-16)10-11-17/h6-9,13,15,18H,2-5,10,12H2,1H3. The van der Waals surface area contributed by atoms with Crippen LogP contribution < -0.4 is 5.32 Å². The van der Waals surface area contributed by atoms with Gasteiger partial charge >= 0.3 is 0 Å². The molecule has 0 unspecified atom stereocenters. The topological polar surface area (TPSA) is 35.8 Å². The Hall–Kier alpha value is -1.49. The Balaban J connectivity index is 1.78. The van der Waals surface area contributed by atoms with Gasteiger partial charge in [0.05, 0.1) is 12.5 Å². The van der Waals surface area contributed by atoms with Crippen LogP contribution in [0.5, 0.6) is 0 Å². The molecular formula is C16H22N2. The monoisotopic (exact) mass is 242 g/mol. The summed E-state index contributed by atoms with van der Waals surface area (Å²) in [6, 6.07) is 10.4. The zero-order valence-electron chi connectivity index (χ0n) is 11.2. The fraction of sp³-hybridized carbons (Fsp3) is 0.562. The van der Waals surface area contributed by atoms with Crippen LogP contribution >= 0.6 is 0 Å². The summed E-state index contributed by atoms with van der Waals surface area (Å²) >= 11 is 0. The highest BCUT2D eigenvalue weighted by Gasteiger charge is 2.17. The van der Waals surface area contributed by atoms with Crippen LogP contribution in [0.15, 0.2) is 24.3 Å². The van der Waals surface area contributed by atoms with Crippen LogP contribution in [0.1, 0.15) is 38.2 Å². The molecule has 0 spiro atoms. The lowest BCUT2D eigenvalue weighted by Gasteiger charge is -2.26. The minimum absolute atomic E-state index is 0.501. The molecule has 2 nitrogen and oxygen atoms in total. The van der Waals surface area contributed by atoms with E-state index in [-0.39, 0.29) is 0 Å². The van der Waals surface area contributed by atoms with E-state index in [4.69, 9.17) is 5.26 Å². The van der Waals surface area contributed by atoms with E-state index in [9.17, 15) is 0 Å². The highest BCUT2D eigenvalue weighted by atomic mass is 14.9. The molecule has 0 radical (unpaired) electrons. The van der Waals surface area contributed by atoms with E-state index < -0.39 is 0 Å². The molecular weight excluding hydrogens is 220 g/mol. The van der Waals surface area contributed by atoms with Crippen molar-refractivity contribution in [1.29, 1.82) is 5.26 Å². The fourth-order valence-corrected chi connectivity index (χ4v) is 2.63. The zero-order chi connectivity index (χ0) is 12.8. The highest BCUT2D eigenvalue weighted by Crippen LogP contribution is 2.28. The van der Waals surface area contributed by atoms with Gasteiger partial charge in [0.15, 0.2) is 0 Å². The van der Waals surface area contributed by atoms with E-state index in [0.29, 0.717) is 6.42 Å². The van der Waals surface area contributed by atoms with Crippen molar-refractivity contribution in [2.45, 2.75) is 39.0 Å². The first-order valence-electron chi connectivity index (χ1n) is 6.97. The number of nitrogens with zero attached hydrogens (tertiary/aromatic N) is 1. The molecule has 1 N–H and O–H groups in total. The van der Waals surface area contributed by atoms with Gasteiger partial charge in [0.2, 0.25) is 0 Å². The van der Waals surface area contributed by atoms with Gasteiger partial charge in [-0.05, 0) is 42.4 Å². The third-order valence-corrected chi connectivity index (χ3v) is 3.97. The predicted molar refractivity (Wildman–Crippen MR) is 75.4 cm³/mol. The maximum Gasteiger partial charge on any atom is 0.0669 e. The molecule has 0 heterocycles. The van der Waals surface area contributed by atoms with Gasteiger partial charge in [0, 0.05) is 12.2 Å². The average Bonchev–Trinajstić information content (AvgIpc) is 2.40. The van der Waals surface area contributed by atoms with Crippen LogP contribution in [0.3, 0.4) is 0 Å². The molecule has 0 atom stereocenters. The average molecular weight is 242 g/mol. The van der Waals surface area contributed by atoms with Gasteiger partial charge in [0.1, 0.15) is 0 Å². The van der Waals surface area contributed by atoms with Crippen LogP contribution in [0.25, 0.3) is 0 Å². The number of nitriles is 1. The summed E-state index contributed by atoms with van der Waals surface area (Å²) in [7, 11) is 0. The SMILES string of the molecule is CC1CCC(CNc2ccc(CC#N)cc2)CC1. The van der Waals surface area contributed by atoms with Gasteiger partial charge in [-0.25, -0.2) is 0 Å². The largest absolute Gasteiger partial charge is 0.385 e. The molecule has 1 aromatic carbocycles. The molecule has 0 amide bonds. The van der Waals surface area contributed by atoms with Gasteiger partial charge in [0.25, 0.3) is 0 Å². The minimum atomic E-state index is 0.501. The third-order valence-electron chi connectivity index (χ3n) is 3.97. The van der Waals surface area contributed by atoms with E-state index in [1.165, 1.54) is 31.4 Å². The number of rotatable bonds is 4. The molecule has 96 valence electrons. The lowest BCUT2D eigenvalue weighted by Crippen LogP contribution is -2.20. The van der Waals surface area contributed by atoms with Gasteiger partial charge in [-0.2, -0.15) is 5.26 Å². The van der Waals surface area contributed by atoms with E-state index >= 15 is 0 Å². The maximum absolute atomic E-state index is 8.62. The highest BCUT2D eigenvalue weighted by molar-refractivity contribution is 5.45. The summed E-state index contributed by atoms with van der Waals surface area (Å²) < 4.78 is 0. The molecule has 1 aromatic rings. The summed E-state index contributed by atoms with van der Waals surface area (Å²) in [6.07, 6.45) is 5.99. The lowest BCUT2D eigenvalue weighted by atomic mass is 9.83. The molecule has 1 aliphatic rings. The number of hydrogen-bond donors (Lipinski definition) is 1. The lowest BCUT2D eigenvalue weighted by molar-refractivity contribution is 0.300. The van der Waals surface area contributed by atoms with Crippen molar-refractivity contribution in [3.63, 3.8) is 0 Å². The summed E-state index contributed by atoms with van der Waals surface area (Å²) in [5.74, 6) is 1.76. The Labute approximate surface area is 110 Å². The van der Waals surface area contributed by atoms with Crippen molar-refractivity contribution in [3.05, 3.63) is 29.8 Å². The molecule has 0 aromatic heterocycles. The van der Waals surface area contributed by atoms with E-state index in [2.05, 4.69) is 30.4 Å². The Morgan fingerprint density at radius 2 is 1.83 bits per heavy atom. The Morgan fingerprint density at radius 3 is 2.44 bits per heavy atom. The van der Waals surface area contributed by atoms with Crippen LogP contribution in [0, 0.1) is 23.2 Å². The van der Waals surface area contributed by atoms with E-state index in [1.807, 2.05) is 12.1 Å². The molecule has 0 aliphatic heterocycles. The Bertz CT molecular complexity index is 394. The quantitative estimate of drug-likeness (QED) is 0.866. The van der Waals surface area contributed by atoms with Crippen LogP contribution in [-0.4, -0.2) is 6.54 Å². The smallest absolute Gasteiger partial charge is 0.0669 e. The van der Waals surface area contributed by atoms with Crippen molar-refractivity contribution in [2.75, 3.05) is 11.9 Å². The van der Waals surface area contributed by atoms with Crippen molar-refractivity contribution in [2.24, 2.45) is 11.8 Å². The number of anilines is 1.